The minimum absolute atomic E-state index is 0.697. The molecule has 0 spiro atoms. The monoisotopic (exact) mass is 399 g/mol. The third kappa shape index (κ3) is 3.83. The van der Waals surface area contributed by atoms with Gasteiger partial charge in [0.1, 0.15) is 22.0 Å². The highest BCUT2D eigenvalue weighted by atomic mass is 31.2. The number of allylic oxidation sites excluding steroid dienone is 1. The first-order valence-corrected chi connectivity index (χ1v) is 11.6. The van der Waals surface area contributed by atoms with E-state index in [1.54, 1.807) is 0 Å². The molecule has 4 heteroatoms. The van der Waals surface area contributed by atoms with Gasteiger partial charge in [0.05, 0.1) is 19.4 Å². The van der Waals surface area contributed by atoms with Crippen molar-refractivity contribution in [2.24, 2.45) is 0 Å². The van der Waals surface area contributed by atoms with Crippen LogP contribution in [0, 0.1) is 11.3 Å². The predicted molar refractivity (Wildman–Crippen MR) is 121 cm³/mol. The highest BCUT2D eigenvalue weighted by Crippen LogP contribution is 2.62. The summed E-state index contributed by atoms with van der Waals surface area (Å²) >= 11 is 0. The minimum Gasteiger partial charge on any atom is -0.378 e. The molecule has 3 aromatic carbocycles. The van der Waals surface area contributed by atoms with Gasteiger partial charge in [-0.15, -0.1) is 0 Å². The Hall–Kier alpha value is -2.92. The maximum atomic E-state index is 10.4. The Labute approximate surface area is 173 Å². The summed E-state index contributed by atoms with van der Waals surface area (Å²) in [5.41, 5.74) is 0. The summed E-state index contributed by atoms with van der Waals surface area (Å²) in [7, 11) is -2.31. The molecule has 0 aromatic heterocycles. The second kappa shape index (κ2) is 9.05. The van der Waals surface area contributed by atoms with Crippen molar-refractivity contribution < 1.29 is 4.74 Å². The maximum absolute atomic E-state index is 10.4. The topological polar surface area (TPSA) is 36.3 Å². The van der Waals surface area contributed by atoms with E-state index in [2.05, 4.69) is 90.0 Å². The molecule has 0 saturated carbocycles. The van der Waals surface area contributed by atoms with Gasteiger partial charge < -0.3 is 9.64 Å². The average Bonchev–Trinajstić information content (AvgIpc) is 2.82. The van der Waals surface area contributed by atoms with Crippen LogP contribution in [0.15, 0.2) is 103 Å². The molecule has 3 aromatic rings. The lowest BCUT2D eigenvalue weighted by molar-refractivity contribution is 0.0593. The summed E-state index contributed by atoms with van der Waals surface area (Å²) in [6, 6.07) is 34.1. The molecule has 0 N–H and O–H groups in total. The summed E-state index contributed by atoms with van der Waals surface area (Å²) in [5, 5.41) is 14.8. The van der Waals surface area contributed by atoms with Gasteiger partial charge in [-0.2, -0.15) is 5.26 Å². The predicted octanol–water partition coefficient (Wildman–Crippen LogP) is 3.68. The molecular weight excluding hydrogens is 375 g/mol. The van der Waals surface area contributed by atoms with Crippen molar-refractivity contribution in [2.45, 2.75) is 0 Å². The van der Waals surface area contributed by atoms with Gasteiger partial charge in [-0.05, 0) is 36.4 Å². The van der Waals surface area contributed by atoms with Crippen molar-refractivity contribution in [2.75, 3.05) is 26.3 Å². The summed E-state index contributed by atoms with van der Waals surface area (Å²) in [4.78, 5) is 2.23. The molecule has 0 atom stereocenters. The maximum Gasteiger partial charge on any atom is 0.201 e. The Morgan fingerprint density at radius 1 is 0.759 bits per heavy atom. The van der Waals surface area contributed by atoms with Gasteiger partial charge in [0.25, 0.3) is 0 Å². The molecular formula is C25H24N2OP+. The molecule has 144 valence electrons. The lowest BCUT2D eigenvalue weighted by Crippen LogP contribution is -2.35. The SMILES string of the molecule is N#C/C(=C\N1CCOCC1)[P+](c1ccccc1)(c1ccccc1)c1ccccc1. The number of rotatable bonds is 5. The fourth-order valence-electron chi connectivity index (χ4n) is 3.89. The molecule has 29 heavy (non-hydrogen) atoms. The van der Waals surface area contributed by atoms with Crippen molar-refractivity contribution in [3.8, 4) is 6.07 Å². The number of hydrogen-bond donors (Lipinski definition) is 0. The van der Waals surface area contributed by atoms with Crippen LogP contribution in [0.4, 0.5) is 0 Å². The Kier molecular flexibility index (Phi) is 6.06. The average molecular weight is 399 g/mol. The van der Waals surface area contributed by atoms with Gasteiger partial charge in [-0.3, -0.25) is 0 Å². The molecule has 1 aliphatic heterocycles. The summed E-state index contributed by atoms with van der Waals surface area (Å²) in [6.07, 6.45) is 2.09. The van der Waals surface area contributed by atoms with Crippen molar-refractivity contribution in [1.29, 1.82) is 5.26 Å². The van der Waals surface area contributed by atoms with E-state index in [-0.39, 0.29) is 0 Å². The van der Waals surface area contributed by atoms with Crippen LogP contribution < -0.4 is 15.9 Å². The lowest BCUT2D eigenvalue weighted by atomic mass is 10.3. The number of hydrogen-bond acceptors (Lipinski definition) is 3. The van der Waals surface area contributed by atoms with Crippen LogP contribution in [0.1, 0.15) is 0 Å². The first-order chi connectivity index (χ1) is 14.4. The third-order valence-corrected chi connectivity index (χ3v) is 9.41. The Morgan fingerprint density at radius 3 is 1.55 bits per heavy atom. The highest BCUT2D eigenvalue weighted by Gasteiger charge is 2.50. The van der Waals surface area contributed by atoms with E-state index in [9.17, 15) is 5.26 Å². The first kappa shape index (κ1) is 19.4. The molecule has 0 radical (unpaired) electrons. The Bertz CT molecular complexity index is 895. The number of nitriles is 1. The molecule has 1 fully saturated rings. The van der Waals surface area contributed by atoms with E-state index in [4.69, 9.17) is 4.74 Å². The van der Waals surface area contributed by atoms with Crippen molar-refractivity contribution in [1.82, 2.24) is 4.90 Å². The Balaban J connectivity index is 2.02. The van der Waals surface area contributed by atoms with Gasteiger partial charge in [-0.25, -0.2) is 0 Å². The van der Waals surface area contributed by atoms with Gasteiger partial charge in [0.2, 0.25) is 5.31 Å². The third-order valence-electron chi connectivity index (χ3n) is 5.26. The summed E-state index contributed by atoms with van der Waals surface area (Å²) in [6.45, 7) is 3.01. The van der Waals surface area contributed by atoms with Crippen molar-refractivity contribution >= 4 is 23.2 Å². The van der Waals surface area contributed by atoms with Crippen molar-refractivity contribution in [3.63, 3.8) is 0 Å². The standard InChI is InChI=1S/C25H24N2OP/c26-20-25(21-27-16-18-28-19-17-27)29(22-10-4-1-5-11-22,23-12-6-2-7-13-23)24-14-8-3-9-15-24/h1-15,21H,16-19H2/q+1/b25-21+. The largest absolute Gasteiger partial charge is 0.378 e. The van der Waals surface area contributed by atoms with Crippen LogP contribution in [-0.2, 0) is 4.74 Å². The summed E-state index contributed by atoms with van der Waals surface area (Å²) in [5.74, 6) is 0. The zero-order chi connectivity index (χ0) is 19.9. The van der Waals surface area contributed by atoms with Crippen LogP contribution in [0.25, 0.3) is 0 Å². The van der Waals surface area contributed by atoms with Gasteiger partial charge >= 0.3 is 0 Å². The lowest BCUT2D eigenvalue weighted by Gasteiger charge is -2.30. The molecule has 1 aliphatic rings. The number of morpholine rings is 1. The molecule has 0 amide bonds. The van der Waals surface area contributed by atoms with Gasteiger partial charge in [0.15, 0.2) is 7.26 Å². The highest BCUT2D eigenvalue weighted by molar-refractivity contribution is 7.99. The van der Waals surface area contributed by atoms with Crippen LogP contribution in [0.3, 0.4) is 0 Å². The van der Waals surface area contributed by atoms with E-state index in [1.807, 2.05) is 18.2 Å². The molecule has 0 bridgehead atoms. The van der Waals surface area contributed by atoms with E-state index in [0.717, 1.165) is 18.4 Å². The fraction of sp³-hybridized carbons (Fsp3) is 0.160. The number of ether oxygens (including phenoxy) is 1. The van der Waals surface area contributed by atoms with Crippen molar-refractivity contribution in [3.05, 3.63) is 103 Å². The normalized spacial score (nSPS) is 15.0. The summed E-state index contributed by atoms with van der Waals surface area (Å²) < 4.78 is 5.51. The molecule has 0 unspecified atom stereocenters. The van der Waals surface area contributed by atoms with Crippen LogP contribution in [0.5, 0.6) is 0 Å². The zero-order valence-corrected chi connectivity index (χ0v) is 17.2. The molecule has 0 aliphatic carbocycles. The van der Waals surface area contributed by atoms with E-state index < -0.39 is 7.26 Å². The number of benzene rings is 3. The Morgan fingerprint density at radius 2 is 1.17 bits per heavy atom. The van der Waals surface area contributed by atoms with Crippen LogP contribution in [-0.4, -0.2) is 31.2 Å². The minimum atomic E-state index is -2.31. The van der Waals surface area contributed by atoms with E-state index >= 15 is 0 Å². The zero-order valence-electron chi connectivity index (χ0n) is 16.3. The van der Waals surface area contributed by atoms with E-state index in [0.29, 0.717) is 13.2 Å². The number of nitrogens with zero attached hydrogens (tertiary/aromatic N) is 2. The van der Waals surface area contributed by atoms with Crippen LogP contribution >= 0.6 is 7.26 Å². The smallest absolute Gasteiger partial charge is 0.201 e. The van der Waals surface area contributed by atoms with E-state index in [1.165, 1.54) is 15.9 Å². The second-order valence-electron chi connectivity index (χ2n) is 6.95. The van der Waals surface area contributed by atoms with Gasteiger partial charge in [0, 0.05) is 13.1 Å². The second-order valence-corrected chi connectivity index (χ2v) is 10.3. The molecule has 3 nitrogen and oxygen atoms in total. The quantitative estimate of drug-likeness (QED) is 0.485. The molecule has 1 saturated heterocycles. The van der Waals surface area contributed by atoms with Gasteiger partial charge in [-0.1, -0.05) is 54.6 Å². The van der Waals surface area contributed by atoms with Crippen LogP contribution in [0.2, 0.25) is 0 Å². The molecule has 1 heterocycles. The first-order valence-electron chi connectivity index (χ1n) is 9.86. The fourth-order valence-corrected chi connectivity index (χ4v) is 7.96. The molecule has 4 rings (SSSR count).